The molecule has 0 bridgehead atoms. The number of nitrogens with one attached hydrogen (secondary N) is 1. The summed E-state index contributed by atoms with van der Waals surface area (Å²) in [7, 11) is 1.93. The van der Waals surface area contributed by atoms with E-state index in [0.29, 0.717) is 12.4 Å². The van der Waals surface area contributed by atoms with Gasteiger partial charge in [-0.3, -0.25) is 0 Å². The first-order chi connectivity index (χ1) is 9.70. The number of benzene rings is 2. The highest BCUT2D eigenvalue weighted by molar-refractivity contribution is 9.10. The standard InChI is InChI=1S/C16H17BrFNO/c1-19-9-8-12-4-2-3-5-13(12)11-20-16-10-14(18)6-7-15(16)17/h2-7,10,19H,8-9,11H2,1H3. The van der Waals surface area contributed by atoms with Crippen molar-refractivity contribution < 1.29 is 9.13 Å². The summed E-state index contributed by atoms with van der Waals surface area (Å²) in [5.74, 6) is 0.222. The van der Waals surface area contributed by atoms with Crippen LogP contribution in [-0.4, -0.2) is 13.6 Å². The Morgan fingerprint density at radius 1 is 1.15 bits per heavy atom. The van der Waals surface area contributed by atoms with Gasteiger partial charge in [-0.1, -0.05) is 24.3 Å². The number of rotatable bonds is 6. The van der Waals surface area contributed by atoms with Crippen LogP contribution in [0.2, 0.25) is 0 Å². The van der Waals surface area contributed by atoms with Crippen molar-refractivity contribution in [2.45, 2.75) is 13.0 Å². The molecule has 0 aliphatic rings. The van der Waals surface area contributed by atoms with Gasteiger partial charge < -0.3 is 10.1 Å². The maximum atomic E-state index is 13.2. The van der Waals surface area contributed by atoms with E-state index in [-0.39, 0.29) is 5.82 Å². The number of hydrogen-bond acceptors (Lipinski definition) is 2. The molecule has 2 aromatic carbocycles. The lowest BCUT2D eigenvalue weighted by Crippen LogP contribution is -2.12. The zero-order valence-corrected chi connectivity index (χ0v) is 12.9. The Balaban J connectivity index is 2.08. The Morgan fingerprint density at radius 3 is 2.65 bits per heavy atom. The third-order valence-electron chi connectivity index (χ3n) is 3.04. The van der Waals surface area contributed by atoms with E-state index in [4.69, 9.17) is 4.74 Å². The fraction of sp³-hybridized carbons (Fsp3) is 0.250. The van der Waals surface area contributed by atoms with E-state index in [1.165, 1.54) is 17.7 Å². The van der Waals surface area contributed by atoms with Crippen LogP contribution in [0.15, 0.2) is 46.9 Å². The molecule has 1 N–H and O–H groups in total. The van der Waals surface area contributed by atoms with Crippen molar-refractivity contribution in [3.05, 3.63) is 63.9 Å². The molecule has 0 heterocycles. The smallest absolute Gasteiger partial charge is 0.136 e. The Morgan fingerprint density at radius 2 is 1.90 bits per heavy atom. The van der Waals surface area contributed by atoms with Crippen LogP contribution in [-0.2, 0) is 13.0 Å². The first-order valence-corrected chi connectivity index (χ1v) is 7.29. The molecular weight excluding hydrogens is 321 g/mol. The maximum Gasteiger partial charge on any atom is 0.136 e. The molecule has 2 nitrogen and oxygen atoms in total. The van der Waals surface area contributed by atoms with Crippen LogP contribution < -0.4 is 10.1 Å². The third-order valence-corrected chi connectivity index (χ3v) is 3.69. The van der Waals surface area contributed by atoms with Crippen molar-refractivity contribution in [2.24, 2.45) is 0 Å². The zero-order valence-electron chi connectivity index (χ0n) is 11.3. The minimum absolute atomic E-state index is 0.299. The van der Waals surface area contributed by atoms with Crippen molar-refractivity contribution in [3.63, 3.8) is 0 Å². The van der Waals surface area contributed by atoms with E-state index in [0.717, 1.165) is 23.0 Å². The molecule has 0 radical (unpaired) electrons. The quantitative estimate of drug-likeness (QED) is 0.862. The van der Waals surface area contributed by atoms with Gasteiger partial charge in [-0.15, -0.1) is 0 Å². The van der Waals surface area contributed by atoms with Gasteiger partial charge in [-0.2, -0.15) is 0 Å². The summed E-state index contributed by atoms with van der Waals surface area (Å²) >= 11 is 3.36. The first-order valence-electron chi connectivity index (χ1n) is 6.50. The number of ether oxygens (including phenoxy) is 1. The Labute approximate surface area is 127 Å². The minimum Gasteiger partial charge on any atom is -0.488 e. The topological polar surface area (TPSA) is 21.3 Å². The highest BCUT2D eigenvalue weighted by atomic mass is 79.9. The molecule has 0 aliphatic heterocycles. The molecule has 0 spiro atoms. The summed E-state index contributed by atoms with van der Waals surface area (Å²) in [5.41, 5.74) is 2.37. The van der Waals surface area contributed by atoms with Crippen molar-refractivity contribution in [2.75, 3.05) is 13.6 Å². The molecule has 20 heavy (non-hydrogen) atoms. The fourth-order valence-corrected chi connectivity index (χ4v) is 2.31. The van der Waals surface area contributed by atoms with Crippen LogP contribution in [0.4, 0.5) is 4.39 Å². The zero-order chi connectivity index (χ0) is 14.4. The molecule has 0 fully saturated rings. The monoisotopic (exact) mass is 337 g/mol. The summed E-state index contributed by atoms with van der Waals surface area (Å²) < 4.78 is 19.7. The average Bonchev–Trinajstić information content (AvgIpc) is 2.47. The van der Waals surface area contributed by atoms with Gasteiger partial charge in [-0.05, 0) is 59.2 Å². The van der Waals surface area contributed by atoms with E-state index in [1.54, 1.807) is 6.07 Å². The van der Waals surface area contributed by atoms with Crippen LogP contribution >= 0.6 is 15.9 Å². The van der Waals surface area contributed by atoms with Crippen LogP contribution in [0, 0.1) is 5.82 Å². The molecule has 0 atom stereocenters. The van der Waals surface area contributed by atoms with Gasteiger partial charge in [0.15, 0.2) is 0 Å². The molecule has 0 aromatic heterocycles. The molecule has 0 amide bonds. The highest BCUT2D eigenvalue weighted by Gasteiger charge is 2.06. The lowest BCUT2D eigenvalue weighted by molar-refractivity contribution is 0.301. The highest BCUT2D eigenvalue weighted by Crippen LogP contribution is 2.26. The van der Waals surface area contributed by atoms with Crippen LogP contribution in [0.25, 0.3) is 0 Å². The number of hydrogen-bond donors (Lipinski definition) is 1. The minimum atomic E-state index is -0.299. The van der Waals surface area contributed by atoms with E-state index in [1.807, 2.05) is 25.2 Å². The van der Waals surface area contributed by atoms with Gasteiger partial charge in [-0.25, -0.2) is 4.39 Å². The number of likely N-dealkylation sites (N-methyl/N-ethyl adjacent to an activating group) is 1. The third kappa shape index (κ3) is 4.05. The van der Waals surface area contributed by atoms with E-state index in [9.17, 15) is 4.39 Å². The molecular formula is C16H17BrFNO. The van der Waals surface area contributed by atoms with E-state index < -0.39 is 0 Å². The predicted octanol–water partition coefficient (Wildman–Crippen LogP) is 3.93. The largest absolute Gasteiger partial charge is 0.488 e. The summed E-state index contributed by atoms with van der Waals surface area (Å²) in [6.07, 6.45) is 0.945. The summed E-state index contributed by atoms with van der Waals surface area (Å²) in [4.78, 5) is 0. The summed E-state index contributed by atoms with van der Waals surface area (Å²) in [6, 6.07) is 12.6. The van der Waals surface area contributed by atoms with Crippen molar-refractivity contribution in [1.29, 1.82) is 0 Å². The summed E-state index contributed by atoms with van der Waals surface area (Å²) in [5, 5.41) is 3.14. The molecule has 2 aromatic rings. The average molecular weight is 338 g/mol. The molecule has 0 unspecified atom stereocenters. The lowest BCUT2D eigenvalue weighted by Gasteiger charge is -2.12. The molecule has 0 saturated heterocycles. The Kier molecular flexibility index (Phi) is 5.56. The second-order valence-corrected chi connectivity index (χ2v) is 5.34. The Hall–Kier alpha value is -1.39. The predicted molar refractivity (Wildman–Crippen MR) is 82.5 cm³/mol. The van der Waals surface area contributed by atoms with E-state index >= 15 is 0 Å². The molecule has 106 valence electrons. The van der Waals surface area contributed by atoms with E-state index in [2.05, 4.69) is 27.3 Å². The lowest BCUT2D eigenvalue weighted by atomic mass is 10.1. The van der Waals surface area contributed by atoms with Gasteiger partial charge in [0.25, 0.3) is 0 Å². The van der Waals surface area contributed by atoms with Gasteiger partial charge in [0, 0.05) is 6.07 Å². The van der Waals surface area contributed by atoms with Crippen LogP contribution in [0.1, 0.15) is 11.1 Å². The van der Waals surface area contributed by atoms with Gasteiger partial charge in [0.2, 0.25) is 0 Å². The molecule has 0 saturated carbocycles. The van der Waals surface area contributed by atoms with Crippen molar-refractivity contribution in [3.8, 4) is 5.75 Å². The van der Waals surface area contributed by atoms with Gasteiger partial charge in [0.1, 0.15) is 18.2 Å². The first kappa shape index (κ1) is 15.0. The second kappa shape index (κ2) is 7.41. The van der Waals surface area contributed by atoms with Gasteiger partial charge >= 0.3 is 0 Å². The summed E-state index contributed by atoms with van der Waals surface area (Å²) in [6.45, 7) is 1.35. The van der Waals surface area contributed by atoms with Crippen molar-refractivity contribution >= 4 is 15.9 Å². The SMILES string of the molecule is CNCCc1ccccc1COc1cc(F)ccc1Br. The number of halogens is 2. The fourth-order valence-electron chi connectivity index (χ4n) is 1.95. The van der Waals surface area contributed by atoms with Crippen LogP contribution in [0.3, 0.4) is 0 Å². The molecule has 2 rings (SSSR count). The van der Waals surface area contributed by atoms with Gasteiger partial charge in [0.05, 0.1) is 4.47 Å². The van der Waals surface area contributed by atoms with Crippen LogP contribution in [0.5, 0.6) is 5.75 Å². The maximum absolute atomic E-state index is 13.2. The molecule has 4 heteroatoms. The second-order valence-electron chi connectivity index (χ2n) is 4.49. The normalized spacial score (nSPS) is 10.6. The van der Waals surface area contributed by atoms with Crippen molar-refractivity contribution in [1.82, 2.24) is 5.32 Å². The Bertz CT molecular complexity index is 574. The molecule has 0 aliphatic carbocycles.